The lowest BCUT2D eigenvalue weighted by Crippen LogP contribution is -2.23. The first kappa shape index (κ1) is 23.3. The number of urea groups is 1. The second-order valence-corrected chi connectivity index (χ2v) is 9.44. The van der Waals surface area contributed by atoms with Crippen LogP contribution in [0.1, 0.15) is 10.4 Å². The molecule has 0 aromatic heterocycles. The Kier molecular flexibility index (Phi) is 7.14. The molecule has 0 saturated carbocycles. The second kappa shape index (κ2) is 9.82. The molecule has 0 unspecified atom stereocenters. The van der Waals surface area contributed by atoms with Crippen molar-refractivity contribution in [3.63, 3.8) is 0 Å². The molecule has 3 rings (SSSR count). The Morgan fingerprint density at radius 2 is 1.31 bits per heavy atom. The highest BCUT2D eigenvalue weighted by Gasteiger charge is 2.22. The van der Waals surface area contributed by atoms with Crippen LogP contribution in [-0.4, -0.2) is 38.8 Å². The Balaban J connectivity index is 1.67. The number of nitrogens with one attached hydrogen (secondary N) is 3. The zero-order valence-corrected chi connectivity index (χ0v) is 18.9. The van der Waals surface area contributed by atoms with Gasteiger partial charge < -0.3 is 16.0 Å². The fourth-order valence-electron chi connectivity index (χ4n) is 2.69. The molecule has 0 aliphatic rings. The summed E-state index contributed by atoms with van der Waals surface area (Å²) in [5, 5.41) is 8.11. The van der Waals surface area contributed by atoms with Crippen molar-refractivity contribution < 1.29 is 18.0 Å². The van der Waals surface area contributed by atoms with Crippen molar-refractivity contribution in [3.8, 4) is 0 Å². The minimum atomic E-state index is -3.80. The summed E-state index contributed by atoms with van der Waals surface area (Å²) < 4.78 is 25.8. The van der Waals surface area contributed by atoms with E-state index in [1.807, 2.05) is 18.2 Å². The lowest BCUT2D eigenvalue weighted by Gasteiger charge is -2.14. The van der Waals surface area contributed by atoms with E-state index in [4.69, 9.17) is 11.6 Å². The highest BCUT2D eigenvalue weighted by molar-refractivity contribution is 7.89. The second-order valence-electron chi connectivity index (χ2n) is 6.91. The molecule has 0 aliphatic carbocycles. The average molecular weight is 473 g/mol. The molecular weight excluding hydrogens is 452 g/mol. The van der Waals surface area contributed by atoms with E-state index in [9.17, 15) is 18.0 Å². The van der Waals surface area contributed by atoms with Crippen molar-refractivity contribution in [2.45, 2.75) is 4.90 Å². The topological polar surface area (TPSA) is 108 Å². The average Bonchev–Trinajstić information content (AvgIpc) is 2.75. The molecule has 32 heavy (non-hydrogen) atoms. The zero-order chi connectivity index (χ0) is 23.3. The molecule has 0 heterocycles. The molecule has 8 nitrogen and oxygen atoms in total. The maximum Gasteiger partial charge on any atom is 0.323 e. The zero-order valence-electron chi connectivity index (χ0n) is 17.3. The number of hydrogen-bond donors (Lipinski definition) is 3. The monoisotopic (exact) mass is 472 g/mol. The molecule has 0 saturated heterocycles. The predicted molar refractivity (Wildman–Crippen MR) is 126 cm³/mol. The Morgan fingerprint density at radius 3 is 1.88 bits per heavy atom. The number of sulfonamides is 1. The molecule has 0 fully saturated rings. The number of benzene rings is 3. The number of para-hydroxylation sites is 1. The molecule has 0 bridgehead atoms. The van der Waals surface area contributed by atoms with E-state index < -0.39 is 22.0 Å². The van der Waals surface area contributed by atoms with Crippen LogP contribution < -0.4 is 16.0 Å². The van der Waals surface area contributed by atoms with Crippen molar-refractivity contribution in [1.82, 2.24) is 4.31 Å². The molecule has 3 aromatic rings. The van der Waals surface area contributed by atoms with Gasteiger partial charge in [-0.2, -0.15) is 0 Å². The highest BCUT2D eigenvalue weighted by atomic mass is 35.5. The molecule has 166 valence electrons. The van der Waals surface area contributed by atoms with Gasteiger partial charge in [0.25, 0.3) is 5.91 Å². The van der Waals surface area contributed by atoms with Crippen molar-refractivity contribution in [1.29, 1.82) is 0 Å². The Hall–Kier alpha value is -3.40. The Morgan fingerprint density at radius 1 is 0.781 bits per heavy atom. The van der Waals surface area contributed by atoms with Crippen LogP contribution in [0, 0.1) is 0 Å². The summed E-state index contributed by atoms with van der Waals surface area (Å²) in [5.41, 5.74) is 1.80. The van der Waals surface area contributed by atoms with E-state index in [1.165, 1.54) is 32.3 Å². The first-order valence-corrected chi connectivity index (χ1v) is 11.2. The van der Waals surface area contributed by atoms with Gasteiger partial charge in [-0.25, -0.2) is 17.5 Å². The maximum absolute atomic E-state index is 12.6. The van der Waals surface area contributed by atoms with Crippen molar-refractivity contribution in [3.05, 3.63) is 83.4 Å². The van der Waals surface area contributed by atoms with Crippen LogP contribution >= 0.6 is 11.6 Å². The quantitative estimate of drug-likeness (QED) is 0.491. The molecule has 0 aliphatic heterocycles. The SMILES string of the molecule is CN(C)S(=O)(=O)c1cc(C(=O)Nc2ccc(NC(=O)Nc3ccccc3)cc2)ccc1Cl. The van der Waals surface area contributed by atoms with Gasteiger partial charge in [0.2, 0.25) is 10.0 Å². The summed E-state index contributed by atoms with van der Waals surface area (Å²) in [5.74, 6) is -0.501. The van der Waals surface area contributed by atoms with Crippen LogP contribution in [-0.2, 0) is 10.0 Å². The van der Waals surface area contributed by atoms with Crippen molar-refractivity contribution in [2.24, 2.45) is 0 Å². The van der Waals surface area contributed by atoms with Gasteiger partial charge in [-0.05, 0) is 54.6 Å². The number of nitrogens with zero attached hydrogens (tertiary/aromatic N) is 1. The van der Waals surface area contributed by atoms with Crippen LogP contribution in [0.15, 0.2) is 77.7 Å². The highest BCUT2D eigenvalue weighted by Crippen LogP contribution is 2.25. The molecule has 10 heteroatoms. The van der Waals surface area contributed by atoms with E-state index >= 15 is 0 Å². The molecule has 3 amide bonds. The van der Waals surface area contributed by atoms with Gasteiger partial charge in [-0.3, -0.25) is 4.79 Å². The number of rotatable bonds is 6. The summed E-state index contributed by atoms with van der Waals surface area (Å²) in [6.07, 6.45) is 0. The van der Waals surface area contributed by atoms with Crippen LogP contribution in [0.3, 0.4) is 0 Å². The summed E-state index contributed by atoms with van der Waals surface area (Å²) in [6.45, 7) is 0. The van der Waals surface area contributed by atoms with Crippen molar-refractivity contribution in [2.75, 3.05) is 30.0 Å². The first-order chi connectivity index (χ1) is 15.2. The fraction of sp³-hybridized carbons (Fsp3) is 0.0909. The summed E-state index contributed by atoms with van der Waals surface area (Å²) in [6, 6.07) is 19.1. The van der Waals surface area contributed by atoms with Crippen LogP contribution in [0.4, 0.5) is 21.9 Å². The fourth-order valence-corrected chi connectivity index (χ4v) is 4.09. The third kappa shape index (κ3) is 5.64. The molecule has 0 atom stereocenters. The number of amides is 3. The van der Waals surface area contributed by atoms with E-state index in [0.29, 0.717) is 17.1 Å². The summed E-state index contributed by atoms with van der Waals surface area (Å²) in [4.78, 5) is 24.5. The lowest BCUT2D eigenvalue weighted by atomic mass is 10.2. The normalized spacial score (nSPS) is 11.1. The first-order valence-electron chi connectivity index (χ1n) is 9.43. The minimum Gasteiger partial charge on any atom is -0.322 e. The standard InChI is InChI=1S/C22H21ClN4O4S/c1-27(2)32(30,31)20-14-15(8-13-19(20)23)21(28)24-17-9-11-18(12-10-17)26-22(29)25-16-6-4-3-5-7-16/h3-14H,1-2H3,(H,24,28)(H2,25,26,29). The summed E-state index contributed by atoms with van der Waals surface area (Å²) >= 11 is 6.02. The van der Waals surface area contributed by atoms with Gasteiger partial charge in [-0.1, -0.05) is 29.8 Å². The minimum absolute atomic E-state index is 0.0273. The number of carbonyl (C=O) groups is 2. The molecule has 0 radical (unpaired) electrons. The third-order valence-corrected chi connectivity index (χ3v) is 6.68. The maximum atomic E-state index is 12.6. The number of anilines is 3. The van der Waals surface area contributed by atoms with Crippen LogP contribution in [0.25, 0.3) is 0 Å². The van der Waals surface area contributed by atoms with Gasteiger partial charge in [-0.15, -0.1) is 0 Å². The van der Waals surface area contributed by atoms with Crippen LogP contribution in [0.2, 0.25) is 5.02 Å². The smallest absolute Gasteiger partial charge is 0.322 e. The van der Waals surface area contributed by atoms with E-state index in [0.717, 1.165) is 4.31 Å². The lowest BCUT2D eigenvalue weighted by molar-refractivity contribution is 0.102. The van der Waals surface area contributed by atoms with E-state index in [1.54, 1.807) is 36.4 Å². The number of hydrogen-bond acceptors (Lipinski definition) is 4. The van der Waals surface area contributed by atoms with Gasteiger partial charge in [0.1, 0.15) is 4.90 Å². The van der Waals surface area contributed by atoms with Gasteiger partial charge >= 0.3 is 6.03 Å². The van der Waals surface area contributed by atoms with Gasteiger partial charge in [0.05, 0.1) is 5.02 Å². The molecule has 3 aromatic carbocycles. The Labute approximate surface area is 191 Å². The third-order valence-electron chi connectivity index (χ3n) is 4.38. The van der Waals surface area contributed by atoms with Crippen LogP contribution in [0.5, 0.6) is 0 Å². The number of carbonyl (C=O) groups excluding carboxylic acids is 2. The number of halogens is 1. The Bertz CT molecular complexity index is 1230. The van der Waals surface area contributed by atoms with Gasteiger partial charge in [0.15, 0.2) is 0 Å². The molecule has 3 N–H and O–H groups in total. The summed E-state index contributed by atoms with van der Waals surface area (Å²) in [7, 11) is -1.03. The largest absolute Gasteiger partial charge is 0.323 e. The molecule has 0 spiro atoms. The predicted octanol–water partition coefficient (Wildman–Crippen LogP) is 4.49. The van der Waals surface area contributed by atoms with E-state index in [2.05, 4.69) is 16.0 Å². The van der Waals surface area contributed by atoms with Gasteiger partial charge in [0, 0.05) is 36.7 Å². The molecular formula is C22H21ClN4O4S. The van der Waals surface area contributed by atoms with E-state index in [-0.39, 0.29) is 15.5 Å². The van der Waals surface area contributed by atoms with Crippen molar-refractivity contribution >= 4 is 50.6 Å².